The lowest BCUT2D eigenvalue weighted by Gasteiger charge is -2.10. The van der Waals surface area contributed by atoms with Crippen LogP contribution in [0.3, 0.4) is 0 Å². The van der Waals surface area contributed by atoms with Crippen LogP contribution in [-0.2, 0) is 0 Å². The number of aromatic hydroxyl groups is 1. The molecule has 1 amide bonds. The number of halogens is 4. The Morgan fingerprint density at radius 1 is 1.25 bits per heavy atom. The van der Waals surface area contributed by atoms with E-state index in [9.17, 15) is 14.3 Å². The average Bonchev–Trinajstić information content (AvgIpc) is 2.35. The molecular weight excluding hydrogens is 419 g/mol. The highest BCUT2D eigenvalue weighted by atomic mass is 127. The minimum Gasteiger partial charge on any atom is -0.504 e. The van der Waals surface area contributed by atoms with Crippen LogP contribution in [0, 0.1) is 9.39 Å². The van der Waals surface area contributed by atoms with E-state index in [1.165, 1.54) is 30.3 Å². The lowest BCUT2D eigenvalue weighted by Crippen LogP contribution is -2.13. The number of carbonyl (C=O) groups is 1. The molecule has 2 aromatic carbocycles. The maximum atomic E-state index is 13.0. The summed E-state index contributed by atoms with van der Waals surface area (Å²) >= 11 is 13.4. The standard InChI is InChI=1S/C13H7Cl2FINO2/c14-6-3-9(15)12(19)11(4-6)18-13(20)8-2-1-7(16)5-10(8)17/h1-5,19H,(H,18,20). The van der Waals surface area contributed by atoms with Gasteiger partial charge in [0, 0.05) is 8.59 Å². The van der Waals surface area contributed by atoms with Crippen LogP contribution < -0.4 is 5.32 Å². The van der Waals surface area contributed by atoms with Crippen LogP contribution in [0.25, 0.3) is 0 Å². The van der Waals surface area contributed by atoms with Crippen LogP contribution in [0.5, 0.6) is 5.75 Å². The second-order valence-electron chi connectivity index (χ2n) is 3.86. The van der Waals surface area contributed by atoms with Gasteiger partial charge in [-0.25, -0.2) is 4.39 Å². The monoisotopic (exact) mass is 425 g/mol. The number of rotatable bonds is 2. The summed E-state index contributed by atoms with van der Waals surface area (Å²) < 4.78 is 13.4. The van der Waals surface area contributed by atoms with E-state index in [-0.39, 0.29) is 27.0 Å². The van der Waals surface area contributed by atoms with Gasteiger partial charge in [-0.3, -0.25) is 4.79 Å². The third-order valence-electron chi connectivity index (χ3n) is 2.45. The second kappa shape index (κ2) is 6.15. The van der Waals surface area contributed by atoms with Crippen LogP contribution in [0.1, 0.15) is 10.4 Å². The minimum absolute atomic E-state index is 0.0293. The zero-order valence-electron chi connectivity index (χ0n) is 9.75. The smallest absolute Gasteiger partial charge is 0.256 e. The molecule has 0 fully saturated rings. The van der Waals surface area contributed by atoms with Gasteiger partial charge in [-0.05, 0) is 52.9 Å². The highest BCUT2D eigenvalue weighted by Gasteiger charge is 2.15. The van der Waals surface area contributed by atoms with Crippen LogP contribution in [0.4, 0.5) is 10.1 Å². The predicted octanol–water partition coefficient (Wildman–Crippen LogP) is 4.70. The van der Waals surface area contributed by atoms with Gasteiger partial charge in [0.1, 0.15) is 5.82 Å². The third kappa shape index (κ3) is 3.34. The van der Waals surface area contributed by atoms with Crippen molar-refractivity contribution in [3.8, 4) is 5.75 Å². The van der Waals surface area contributed by atoms with Crippen molar-refractivity contribution in [3.63, 3.8) is 0 Å². The third-order valence-corrected chi connectivity index (χ3v) is 3.85. The summed E-state index contributed by atoms with van der Waals surface area (Å²) in [6.07, 6.45) is 0. The molecule has 0 bridgehead atoms. The van der Waals surface area contributed by atoms with E-state index in [4.69, 9.17) is 23.2 Å². The molecule has 2 N–H and O–H groups in total. The van der Waals surface area contributed by atoms with Gasteiger partial charge in [0.15, 0.2) is 5.75 Å². The number of anilines is 1. The topological polar surface area (TPSA) is 49.3 Å². The summed E-state index contributed by atoms with van der Waals surface area (Å²) in [6.45, 7) is 0. The number of phenols is 1. The van der Waals surface area contributed by atoms with Gasteiger partial charge in [-0.1, -0.05) is 23.2 Å². The molecule has 104 valence electrons. The maximum absolute atomic E-state index is 13.0. The first-order chi connectivity index (χ1) is 9.38. The number of benzene rings is 2. The zero-order valence-corrected chi connectivity index (χ0v) is 13.4. The fraction of sp³-hybridized carbons (Fsp3) is 0. The molecule has 0 atom stereocenters. The molecule has 0 aliphatic rings. The largest absolute Gasteiger partial charge is 0.504 e. The maximum Gasteiger partial charge on any atom is 0.256 e. The van der Waals surface area contributed by atoms with E-state index in [2.05, 4.69) is 5.32 Å². The van der Waals surface area contributed by atoms with E-state index >= 15 is 0 Å². The number of amides is 1. The summed E-state index contributed by atoms with van der Waals surface area (Å²) in [5.74, 6) is -1.20. The molecule has 7 heteroatoms. The van der Waals surface area contributed by atoms with Gasteiger partial charge >= 0.3 is 0 Å². The Bertz CT molecular complexity index is 694. The van der Waals surface area contributed by atoms with E-state index in [1.54, 1.807) is 0 Å². The average molecular weight is 426 g/mol. The molecule has 0 aromatic heterocycles. The molecule has 0 unspecified atom stereocenters. The lowest BCUT2D eigenvalue weighted by atomic mass is 10.2. The summed E-state index contributed by atoms with van der Waals surface area (Å²) in [6, 6.07) is 6.50. The van der Waals surface area contributed by atoms with Crippen LogP contribution >= 0.6 is 45.8 Å². The normalized spacial score (nSPS) is 10.4. The summed E-state index contributed by atoms with van der Waals surface area (Å²) in [7, 11) is 0. The van der Waals surface area contributed by atoms with Gasteiger partial charge in [0.05, 0.1) is 16.3 Å². The van der Waals surface area contributed by atoms with Crippen LogP contribution in [0.2, 0.25) is 10.0 Å². The van der Waals surface area contributed by atoms with E-state index < -0.39 is 11.7 Å². The molecule has 0 saturated carbocycles. The Morgan fingerprint density at radius 2 is 1.95 bits per heavy atom. The van der Waals surface area contributed by atoms with Crippen LogP contribution in [0.15, 0.2) is 30.3 Å². The van der Waals surface area contributed by atoms with E-state index in [0.29, 0.717) is 3.57 Å². The van der Waals surface area contributed by atoms with Crippen molar-refractivity contribution in [2.24, 2.45) is 0 Å². The molecule has 0 aliphatic carbocycles. The van der Waals surface area contributed by atoms with Gasteiger partial charge in [0.2, 0.25) is 0 Å². The van der Waals surface area contributed by atoms with Crippen molar-refractivity contribution >= 4 is 57.4 Å². The van der Waals surface area contributed by atoms with Crippen LogP contribution in [-0.4, -0.2) is 11.0 Å². The number of carbonyl (C=O) groups excluding carboxylic acids is 1. The second-order valence-corrected chi connectivity index (χ2v) is 5.87. The molecule has 3 nitrogen and oxygen atoms in total. The van der Waals surface area contributed by atoms with Gasteiger partial charge in [-0.2, -0.15) is 0 Å². The Hall–Kier alpha value is -1.05. The SMILES string of the molecule is O=C(Nc1cc(Cl)cc(Cl)c1O)c1ccc(F)cc1I. The fourth-order valence-corrected chi connectivity index (χ4v) is 2.74. The highest BCUT2D eigenvalue weighted by Crippen LogP contribution is 2.35. The lowest BCUT2D eigenvalue weighted by molar-refractivity contribution is 0.102. The zero-order chi connectivity index (χ0) is 14.9. The van der Waals surface area contributed by atoms with Crippen molar-refractivity contribution in [3.05, 3.63) is 55.3 Å². The molecule has 2 aromatic rings. The first-order valence-corrected chi connectivity index (χ1v) is 7.16. The first-order valence-electron chi connectivity index (χ1n) is 5.33. The van der Waals surface area contributed by atoms with Gasteiger partial charge in [-0.15, -0.1) is 0 Å². The minimum atomic E-state index is -0.497. The highest BCUT2D eigenvalue weighted by molar-refractivity contribution is 14.1. The molecule has 0 saturated heterocycles. The Labute approximate surface area is 137 Å². The number of nitrogens with one attached hydrogen (secondary N) is 1. The van der Waals surface area contributed by atoms with Gasteiger partial charge in [0.25, 0.3) is 5.91 Å². The van der Waals surface area contributed by atoms with E-state index in [0.717, 1.165) is 0 Å². The van der Waals surface area contributed by atoms with E-state index in [1.807, 2.05) is 22.6 Å². The number of hydrogen-bond acceptors (Lipinski definition) is 2. The van der Waals surface area contributed by atoms with Gasteiger partial charge < -0.3 is 10.4 Å². The quantitative estimate of drug-likeness (QED) is 0.541. The Kier molecular flexibility index (Phi) is 4.72. The number of hydrogen-bond donors (Lipinski definition) is 2. The fourth-order valence-electron chi connectivity index (χ4n) is 1.52. The summed E-state index contributed by atoms with van der Waals surface area (Å²) in [4.78, 5) is 12.1. The summed E-state index contributed by atoms with van der Waals surface area (Å²) in [5, 5.41) is 12.6. The predicted molar refractivity (Wildman–Crippen MR) is 85.2 cm³/mol. The Balaban J connectivity index is 2.32. The van der Waals surface area contributed by atoms with Crippen molar-refractivity contribution in [2.75, 3.05) is 5.32 Å². The number of phenolic OH excluding ortho intramolecular Hbond substituents is 1. The molecule has 0 radical (unpaired) electrons. The molecule has 2 rings (SSSR count). The molecule has 20 heavy (non-hydrogen) atoms. The molecular formula is C13H7Cl2FINO2. The molecule has 0 heterocycles. The van der Waals surface area contributed by atoms with Crippen molar-refractivity contribution in [2.45, 2.75) is 0 Å². The molecule has 0 aliphatic heterocycles. The van der Waals surface area contributed by atoms with Crippen molar-refractivity contribution in [1.82, 2.24) is 0 Å². The summed E-state index contributed by atoms with van der Waals surface area (Å²) in [5.41, 5.74) is 0.370. The van der Waals surface area contributed by atoms with Crippen molar-refractivity contribution < 1.29 is 14.3 Å². The Morgan fingerprint density at radius 3 is 2.60 bits per heavy atom. The first kappa shape index (κ1) is 15.3. The molecule has 0 spiro atoms. The van der Waals surface area contributed by atoms with Crippen molar-refractivity contribution in [1.29, 1.82) is 0 Å².